The molecule has 2 atom stereocenters. The number of aliphatic hydroxyl groups excluding tert-OH is 1. The summed E-state index contributed by atoms with van der Waals surface area (Å²) < 4.78 is 27.2. The number of aliphatic hydroxyl groups is 1. The Labute approximate surface area is 717 Å². The molecule has 0 heterocycles. The van der Waals surface area contributed by atoms with Crippen molar-refractivity contribution in [3.8, 4) is 28.7 Å². The van der Waals surface area contributed by atoms with E-state index in [1.807, 2.05) is 111 Å². The van der Waals surface area contributed by atoms with Gasteiger partial charge in [-0.2, -0.15) is 0 Å². The van der Waals surface area contributed by atoms with Crippen LogP contribution in [-0.4, -0.2) is 62.3 Å². The minimum atomic E-state index is -0.341. The number of methoxy groups -OCH3 is 4. The zero-order valence-corrected chi connectivity index (χ0v) is 89.0. The third-order valence-corrected chi connectivity index (χ3v) is 93.8. The maximum atomic E-state index is 12.8. The monoisotopic (exact) mass is 2180 g/mol. The van der Waals surface area contributed by atoms with E-state index in [1.54, 1.807) is 339 Å². The third-order valence-electron chi connectivity index (χ3n) is 9.29. The predicted octanol–water partition coefficient (Wildman–Crippen LogP) is 9.99. The van der Waals surface area contributed by atoms with Crippen LogP contribution in [-0.2, 0) is 423 Å². The lowest BCUT2D eigenvalue weighted by Crippen LogP contribution is -2.23. The van der Waals surface area contributed by atoms with E-state index < -0.39 is 0 Å². The molecule has 0 aliphatic carbocycles. The van der Waals surface area contributed by atoms with E-state index >= 15 is 0 Å². The summed E-state index contributed by atoms with van der Waals surface area (Å²) in [6.45, 7) is 17.6. The van der Waals surface area contributed by atoms with Crippen LogP contribution in [0.5, 0.6) is 28.7 Å². The Kier molecular flexibility index (Phi) is 84.6. The summed E-state index contributed by atoms with van der Waals surface area (Å²) >= 11 is 21.6. The maximum absolute atomic E-state index is 12.8. The summed E-state index contributed by atoms with van der Waals surface area (Å²) in [5.41, 5.74) is 4.94. The van der Waals surface area contributed by atoms with Gasteiger partial charge in [0.15, 0.2) is 10.2 Å². The van der Waals surface area contributed by atoms with Crippen LogP contribution >= 0.6 is 23.5 Å². The lowest BCUT2D eigenvalue weighted by Gasteiger charge is -2.21. The van der Waals surface area contributed by atoms with E-state index in [9.17, 15) is 14.4 Å². The Morgan fingerprint density at radius 1 is 0.408 bits per heavy atom. The number of thioether (sulfide) groups is 2. The van der Waals surface area contributed by atoms with E-state index in [-0.39, 0.29) is 53.2 Å². The summed E-state index contributed by atoms with van der Waals surface area (Å²) in [5.74, 6) is 4.58. The van der Waals surface area contributed by atoms with Gasteiger partial charge in [-0.05, 0) is 82.0 Å². The van der Waals surface area contributed by atoms with Crippen LogP contribution in [0, 0.1) is 31.6 Å². The van der Waals surface area contributed by atoms with Crippen molar-refractivity contribution < 1.29 is 43.2 Å². The van der Waals surface area contributed by atoms with Crippen molar-refractivity contribution in [2.75, 3.05) is 35.5 Å². The van der Waals surface area contributed by atoms with Gasteiger partial charge in [0.1, 0.15) is 40.1 Å². The number of hydrogen-bond donors (Lipinski definition) is 1. The molecule has 0 aliphatic heterocycles. The minimum Gasteiger partial charge on any atom is -0.497 e. The Morgan fingerprint density at radius 2 is 0.684 bits per heavy atom. The van der Waals surface area contributed by atoms with Gasteiger partial charge in [0.2, 0.25) is 0 Å². The molecule has 0 radical (unpaired) electrons. The van der Waals surface area contributed by atoms with Crippen molar-refractivity contribution in [1.29, 1.82) is 0 Å². The second-order valence-electron chi connectivity index (χ2n) is 16.8. The van der Waals surface area contributed by atoms with Crippen molar-refractivity contribution in [3.05, 3.63) is 76.3 Å². The number of ketones is 1. The summed E-state index contributed by atoms with van der Waals surface area (Å²) in [5, 5.41) is 7.22. The molecular formula is C44H66O9S45. The van der Waals surface area contributed by atoms with Crippen molar-refractivity contribution in [2.24, 2.45) is 17.8 Å². The first kappa shape index (κ1) is 108. The number of ether oxygens (including phenoxy) is 5. The third kappa shape index (κ3) is 63.3. The van der Waals surface area contributed by atoms with Crippen molar-refractivity contribution >= 4 is 431 Å². The molecule has 3 aromatic carbocycles. The molecule has 0 unspecified atom stereocenters. The van der Waals surface area contributed by atoms with Crippen molar-refractivity contribution in [2.45, 2.75) is 99.7 Å². The van der Waals surface area contributed by atoms with Gasteiger partial charge >= 0.3 is 0 Å². The SMILES string of the molecule is C.CO.COc1cc(C)c(CSC(=O)C(C)C)c(OC)c1.COc1cc(C)c(CSC(=O)[C@H](C)CC(=O)[C@@H](C)Cc2ccc(OC(C)(C)C)cc2)c(OC)c1.S=S=S=S=S=S=S=S=S=S=S=S=S=S=S=S=S=S=S=S=S.S=S=S=S=S=S=S=S=S=S=S=S=S=S=S=S=S=S=S=S=S=S. The summed E-state index contributed by atoms with van der Waals surface area (Å²) in [7, 11) is 74.6. The normalized spacial score (nSPS) is 9.84. The lowest BCUT2D eigenvalue weighted by molar-refractivity contribution is -0.126. The molecule has 98 heavy (non-hydrogen) atoms. The molecule has 3 rings (SSSR count). The Balaban J connectivity index is -0.00000125. The summed E-state index contributed by atoms with van der Waals surface area (Å²) in [6, 6.07) is 15.4. The Bertz CT molecular complexity index is 4820. The smallest absolute Gasteiger partial charge is 0.192 e. The van der Waals surface area contributed by atoms with E-state index in [0.717, 1.165) is 57.9 Å². The Hall–Kier alpha value is 5.79. The molecule has 0 aromatic heterocycles. The number of Topliss-reactive ketones (excluding diaryl/α,β-unsaturated/α-hetero) is 1. The average Bonchev–Trinajstić information content (AvgIpc) is 0.851. The second-order valence-corrected chi connectivity index (χ2v) is 87.8. The van der Waals surface area contributed by atoms with Crippen LogP contribution in [0.25, 0.3) is 0 Å². The van der Waals surface area contributed by atoms with Crippen LogP contribution < -0.4 is 23.7 Å². The highest BCUT2D eigenvalue weighted by Gasteiger charge is 2.23. The lowest BCUT2D eigenvalue weighted by atomic mass is 9.92. The maximum Gasteiger partial charge on any atom is 0.192 e. The molecule has 0 amide bonds. The van der Waals surface area contributed by atoms with Gasteiger partial charge in [-0.15, -0.1) is 0 Å². The first-order chi connectivity index (χ1) is 46.7. The number of carbonyl (C=O) groups excluding carboxylic acids is 3. The van der Waals surface area contributed by atoms with Crippen LogP contribution in [0.2, 0.25) is 0 Å². The predicted molar refractivity (Wildman–Crippen MR) is 546 cm³/mol. The van der Waals surface area contributed by atoms with Crippen LogP contribution in [0.15, 0.2) is 48.5 Å². The topological polar surface area (TPSA) is 118 Å². The number of aryl methyl sites for hydroxylation is 2. The van der Waals surface area contributed by atoms with Crippen LogP contribution in [0.4, 0.5) is 0 Å². The molecule has 0 bridgehead atoms. The fraction of sp³-hybridized carbons (Fsp3) is 0.523. The van der Waals surface area contributed by atoms with E-state index in [4.69, 9.17) is 73.5 Å². The van der Waals surface area contributed by atoms with Gasteiger partial charge in [0.25, 0.3) is 0 Å². The molecule has 0 spiro atoms. The van der Waals surface area contributed by atoms with E-state index in [1.165, 1.54) is 59.0 Å². The average molecular weight is 2180 g/mol. The molecule has 0 saturated carbocycles. The van der Waals surface area contributed by atoms with Gasteiger partial charge in [-0.25, -0.2) is 0 Å². The molecule has 3 aromatic rings. The number of carbonyl (C=O) groups is 3. The fourth-order valence-corrected chi connectivity index (χ4v) is 104. The van der Waals surface area contributed by atoms with Gasteiger partial charge in [0.05, 0.1) is 28.4 Å². The molecule has 9 nitrogen and oxygen atoms in total. The minimum absolute atomic E-state index is 0. The van der Waals surface area contributed by atoms with Gasteiger partial charge < -0.3 is 28.8 Å². The summed E-state index contributed by atoms with van der Waals surface area (Å²) in [6.07, 6.45) is 0.891. The fourth-order valence-electron chi connectivity index (χ4n) is 5.57. The van der Waals surface area contributed by atoms with Gasteiger partial charge in [-0.1, -0.05) is 70.8 Å². The van der Waals surface area contributed by atoms with E-state index in [2.05, 4.69) is 0 Å². The van der Waals surface area contributed by atoms with Crippen LogP contribution in [0.3, 0.4) is 0 Å². The first-order valence-corrected chi connectivity index (χ1v) is 81.4. The zero-order valence-electron chi connectivity index (χ0n) is 52.3. The highest BCUT2D eigenvalue weighted by Crippen LogP contribution is 2.34. The van der Waals surface area contributed by atoms with Crippen LogP contribution in [0.1, 0.15) is 90.1 Å². The molecule has 1 N–H and O–H groups in total. The standard InChI is InChI=1S/C28H38O5S.C14H20O3S.CH4O.CH4.S22.S21/c1-18-14-23(31-7)16-26(32-8)24(18)17-34-27(30)20(3)15-25(29)19(2)13-21-9-11-22(12-10-21)33-28(4,5)6;1-9(2)14(15)18-8-12-10(3)6-11(16-4)7-13(12)17-5;1-2;;1-3-5-7-9-11-13-15-17-19-21-22-20-18-16-14-12-10-8-6-4-2;1-3-5-7-9-11-13-15-17-19-21-20-18-16-14-12-10-8-6-4-2/h9-12,14,16,19-20H,13,15,17H2,1-8H3;6-7,9H,8H2,1-5H3;2H,1H3;1H4;;/t19-,20+;;;;;/m0...../s1. The van der Waals surface area contributed by atoms with Crippen molar-refractivity contribution in [3.63, 3.8) is 0 Å². The summed E-state index contributed by atoms with van der Waals surface area (Å²) in [4.78, 5) is 37.2. The molecule has 54 heteroatoms. The molecule has 0 saturated heterocycles. The quantitative estimate of drug-likeness (QED) is 0.147. The highest BCUT2D eigenvalue weighted by molar-refractivity contribution is 8.80. The number of hydrogen-bond acceptors (Lipinski definition) is 15. The number of rotatable bonds is 16. The Morgan fingerprint density at radius 3 is 0.929 bits per heavy atom. The molecular weight excluding hydrogens is 2120 g/mol. The second kappa shape index (κ2) is 76.8. The number of benzene rings is 3. The largest absolute Gasteiger partial charge is 0.497 e. The van der Waals surface area contributed by atoms with E-state index in [0.29, 0.717) is 23.7 Å². The van der Waals surface area contributed by atoms with Gasteiger partial charge in [-0.3, -0.25) is 14.4 Å². The van der Waals surface area contributed by atoms with Crippen molar-refractivity contribution in [1.82, 2.24) is 0 Å². The molecule has 566 valence electrons. The van der Waals surface area contributed by atoms with Gasteiger partial charge in [0, 0.05) is 457 Å². The zero-order chi connectivity index (χ0) is 72.7. The highest BCUT2D eigenvalue weighted by atomic mass is 33.5. The first-order valence-electron chi connectivity index (χ1n) is 24.8. The molecule has 0 aliphatic rings. The molecule has 0 fully saturated rings.